The lowest BCUT2D eigenvalue weighted by molar-refractivity contribution is -0.122. The maximum absolute atomic E-state index is 13.0. The predicted octanol–water partition coefficient (Wildman–Crippen LogP) is 2.08. The molecule has 2 aliphatic rings. The van der Waals surface area contributed by atoms with Crippen LogP contribution in [0, 0.1) is 0 Å². The molecule has 6 nitrogen and oxygen atoms in total. The number of aryl methyl sites for hydroxylation is 1. The molecule has 1 unspecified atom stereocenters. The number of nitrogens with zero attached hydrogens (tertiary/aromatic N) is 4. The van der Waals surface area contributed by atoms with Gasteiger partial charge in [-0.3, -0.25) is 19.1 Å². The van der Waals surface area contributed by atoms with Gasteiger partial charge in [0.15, 0.2) is 0 Å². The van der Waals surface area contributed by atoms with Crippen LogP contribution in [0.5, 0.6) is 0 Å². The number of para-hydroxylation sites is 1. The van der Waals surface area contributed by atoms with Gasteiger partial charge in [0, 0.05) is 31.7 Å². The lowest BCUT2D eigenvalue weighted by Gasteiger charge is -2.31. The van der Waals surface area contributed by atoms with Gasteiger partial charge in [-0.1, -0.05) is 23.7 Å². The Hall–Kier alpha value is -2.18. The number of amides is 1. The zero-order valence-electron chi connectivity index (χ0n) is 14.7. The molecule has 0 spiro atoms. The van der Waals surface area contributed by atoms with E-state index in [9.17, 15) is 9.59 Å². The zero-order chi connectivity index (χ0) is 18.3. The summed E-state index contributed by atoms with van der Waals surface area (Å²) in [7, 11) is 0. The van der Waals surface area contributed by atoms with Crippen LogP contribution >= 0.6 is 11.6 Å². The minimum absolute atomic E-state index is 0.0487. The average Bonchev–Trinajstić information content (AvgIpc) is 3.03. The Morgan fingerprint density at radius 3 is 2.81 bits per heavy atom. The molecule has 1 atom stereocenters. The molecular weight excluding hydrogens is 352 g/mol. The SMILES string of the molecule is CCn1cnc2c(c1=O)CCN(C1CCN(c3ccccc3Cl)C1=O)C2. The summed E-state index contributed by atoms with van der Waals surface area (Å²) in [5.74, 6) is 0.0726. The van der Waals surface area contributed by atoms with Crippen LogP contribution in [0.25, 0.3) is 0 Å². The van der Waals surface area contributed by atoms with Gasteiger partial charge in [0.2, 0.25) is 5.91 Å². The lowest BCUT2D eigenvalue weighted by Crippen LogP contribution is -2.46. The van der Waals surface area contributed by atoms with Crippen LogP contribution in [0.2, 0.25) is 5.02 Å². The Balaban J connectivity index is 1.55. The highest BCUT2D eigenvalue weighted by molar-refractivity contribution is 6.33. The van der Waals surface area contributed by atoms with Gasteiger partial charge in [-0.05, 0) is 31.9 Å². The van der Waals surface area contributed by atoms with Gasteiger partial charge in [-0.15, -0.1) is 0 Å². The van der Waals surface area contributed by atoms with E-state index >= 15 is 0 Å². The molecule has 7 heteroatoms. The minimum Gasteiger partial charge on any atom is -0.310 e. The molecule has 1 amide bonds. The van der Waals surface area contributed by atoms with Crippen molar-refractivity contribution in [3.63, 3.8) is 0 Å². The normalized spacial score (nSPS) is 20.5. The molecular formula is C19H21ClN4O2. The topological polar surface area (TPSA) is 58.4 Å². The van der Waals surface area contributed by atoms with Crippen LogP contribution < -0.4 is 10.5 Å². The molecule has 1 aromatic carbocycles. The summed E-state index contributed by atoms with van der Waals surface area (Å²) in [6, 6.07) is 7.25. The fraction of sp³-hybridized carbons (Fsp3) is 0.421. The first-order valence-corrected chi connectivity index (χ1v) is 9.35. The first-order chi connectivity index (χ1) is 12.6. The second kappa shape index (κ2) is 6.85. The third-order valence-electron chi connectivity index (χ3n) is 5.32. The summed E-state index contributed by atoms with van der Waals surface area (Å²) in [5, 5.41) is 0.590. The second-order valence-electron chi connectivity index (χ2n) is 6.73. The minimum atomic E-state index is -0.185. The molecule has 1 fully saturated rings. The van der Waals surface area contributed by atoms with Crippen LogP contribution in [0.1, 0.15) is 24.6 Å². The van der Waals surface area contributed by atoms with Gasteiger partial charge in [-0.25, -0.2) is 4.98 Å². The van der Waals surface area contributed by atoms with E-state index in [0.29, 0.717) is 37.6 Å². The van der Waals surface area contributed by atoms with Gasteiger partial charge in [0.25, 0.3) is 5.56 Å². The smallest absolute Gasteiger partial charge is 0.256 e. The highest BCUT2D eigenvalue weighted by Gasteiger charge is 2.38. The molecule has 0 N–H and O–H groups in total. The first kappa shape index (κ1) is 17.2. The number of aromatic nitrogens is 2. The highest BCUT2D eigenvalue weighted by atomic mass is 35.5. The van der Waals surface area contributed by atoms with Crippen molar-refractivity contribution in [2.75, 3.05) is 18.0 Å². The quantitative estimate of drug-likeness (QED) is 0.827. The summed E-state index contributed by atoms with van der Waals surface area (Å²) < 4.78 is 1.63. The summed E-state index contributed by atoms with van der Waals surface area (Å²) >= 11 is 6.26. The van der Waals surface area contributed by atoms with Crippen molar-refractivity contribution >= 4 is 23.2 Å². The molecule has 1 saturated heterocycles. The predicted molar refractivity (Wildman–Crippen MR) is 100 cm³/mol. The summed E-state index contributed by atoms with van der Waals surface area (Å²) in [5.41, 5.74) is 2.41. The van der Waals surface area contributed by atoms with Crippen molar-refractivity contribution in [1.82, 2.24) is 14.5 Å². The Morgan fingerprint density at radius 1 is 1.23 bits per heavy atom. The first-order valence-electron chi connectivity index (χ1n) is 8.97. The van der Waals surface area contributed by atoms with E-state index in [-0.39, 0.29) is 17.5 Å². The number of anilines is 1. The van der Waals surface area contributed by atoms with Crippen LogP contribution in [0.4, 0.5) is 5.69 Å². The number of carbonyl (C=O) groups excluding carboxylic acids is 1. The third kappa shape index (κ3) is 2.83. The maximum Gasteiger partial charge on any atom is 0.256 e. The van der Waals surface area contributed by atoms with Gasteiger partial charge >= 0.3 is 0 Å². The van der Waals surface area contributed by atoms with E-state index in [1.54, 1.807) is 21.9 Å². The van der Waals surface area contributed by atoms with Gasteiger partial charge in [0.05, 0.1) is 28.8 Å². The summed E-state index contributed by atoms with van der Waals surface area (Å²) in [6.45, 7) is 4.45. The lowest BCUT2D eigenvalue weighted by atomic mass is 10.0. The Labute approximate surface area is 157 Å². The van der Waals surface area contributed by atoms with Crippen molar-refractivity contribution in [3.8, 4) is 0 Å². The van der Waals surface area contributed by atoms with E-state index in [1.165, 1.54) is 0 Å². The second-order valence-corrected chi connectivity index (χ2v) is 7.13. The number of benzene rings is 1. The third-order valence-corrected chi connectivity index (χ3v) is 5.64. The summed E-state index contributed by atoms with van der Waals surface area (Å²) in [6.07, 6.45) is 3.00. The van der Waals surface area contributed by atoms with E-state index in [1.807, 2.05) is 25.1 Å². The monoisotopic (exact) mass is 372 g/mol. The summed E-state index contributed by atoms with van der Waals surface area (Å²) in [4.78, 5) is 33.8. The average molecular weight is 373 g/mol. The fourth-order valence-corrected chi connectivity index (χ4v) is 4.12. The van der Waals surface area contributed by atoms with Crippen LogP contribution in [0.15, 0.2) is 35.4 Å². The number of halogens is 1. The Bertz CT molecular complexity index is 911. The van der Waals surface area contributed by atoms with Crippen molar-refractivity contribution in [2.45, 2.75) is 38.9 Å². The molecule has 4 rings (SSSR count). The van der Waals surface area contributed by atoms with Gasteiger partial charge < -0.3 is 4.90 Å². The molecule has 26 heavy (non-hydrogen) atoms. The van der Waals surface area contributed by atoms with Crippen LogP contribution in [0.3, 0.4) is 0 Å². The van der Waals surface area contributed by atoms with Crippen LogP contribution in [-0.2, 0) is 24.3 Å². The number of hydrogen-bond donors (Lipinski definition) is 0. The molecule has 2 aromatic rings. The van der Waals surface area contributed by atoms with E-state index in [4.69, 9.17) is 11.6 Å². The van der Waals surface area contributed by atoms with Gasteiger partial charge in [0.1, 0.15) is 0 Å². The molecule has 0 radical (unpaired) electrons. The van der Waals surface area contributed by atoms with Crippen molar-refractivity contribution in [3.05, 3.63) is 57.2 Å². The molecule has 0 bridgehead atoms. The molecule has 0 aliphatic carbocycles. The van der Waals surface area contributed by atoms with E-state index < -0.39 is 0 Å². The standard InChI is InChI=1S/C19H21ClN4O2/c1-2-22-12-21-15-11-23(9-7-13(15)18(22)25)17-8-10-24(19(17)26)16-6-4-3-5-14(16)20/h3-6,12,17H,2,7-11H2,1H3. The largest absolute Gasteiger partial charge is 0.310 e. The number of hydrogen-bond acceptors (Lipinski definition) is 4. The molecule has 3 heterocycles. The Morgan fingerprint density at radius 2 is 2.04 bits per heavy atom. The molecule has 0 saturated carbocycles. The van der Waals surface area contributed by atoms with Crippen molar-refractivity contribution in [1.29, 1.82) is 0 Å². The zero-order valence-corrected chi connectivity index (χ0v) is 15.4. The highest BCUT2D eigenvalue weighted by Crippen LogP contribution is 2.31. The van der Waals surface area contributed by atoms with Crippen LogP contribution in [-0.4, -0.2) is 39.5 Å². The van der Waals surface area contributed by atoms with Crippen molar-refractivity contribution < 1.29 is 4.79 Å². The Kier molecular flexibility index (Phi) is 4.54. The fourth-order valence-electron chi connectivity index (χ4n) is 3.89. The molecule has 1 aromatic heterocycles. The number of carbonyl (C=O) groups is 1. The van der Waals surface area contributed by atoms with E-state index in [0.717, 1.165) is 23.4 Å². The molecule has 2 aliphatic heterocycles. The van der Waals surface area contributed by atoms with Gasteiger partial charge in [-0.2, -0.15) is 0 Å². The number of fused-ring (bicyclic) bond motifs is 1. The molecule has 136 valence electrons. The van der Waals surface area contributed by atoms with E-state index in [2.05, 4.69) is 9.88 Å². The number of rotatable bonds is 3. The maximum atomic E-state index is 13.0. The van der Waals surface area contributed by atoms with Crippen molar-refractivity contribution in [2.24, 2.45) is 0 Å².